The van der Waals surface area contributed by atoms with E-state index in [2.05, 4.69) is 41.8 Å². The Balaban J connectivity index is 1.90. The molecule has 2 aromatic carbocycles. The van der Waals surface area contributed by atoms with Crippen molar-refractivity contribution in [1.29, 1.82) is 0 Å². The first-order chi connectivity index (χ1) is 12.4. The Labute approximate surface area is 168 Å². The van der Waals surface area contributed by atoms with Crippen LogP contribution in [0.1, 0.15) is 23.7 Å². The molecule has 0 fully saturated rings. The summed E-state index contributed by atoms with van der Waals surface area (Å²) >= 11 is 18.5. The molecule has 1 aromatic heterocycles. The maximum Gasteiger partial charge on any atom is 0.0598 e. The lowest BCUT2D eigenvalue weighted by atomic mass is 10.0. The van der Waals surface area contributed by atoms with Crippen molar-refractivity contribution in [1.82, 2.24) is 9.47 Å². The Morgan fingerprint density at radius 3 is 2.62 bits per heavy atom. The molecule has 134 valence electrons. The van der Waals surface area contributed by atoms with Crippen molar-refractivity contribution < 1.29 is 0 Å². The molecule has 0 N–H and O–H groups in total. The van der Waals surface area contributed by atoms with Gasteiger partial charge in [0.05, 0.1) is 15.6 Å². The highest BCUT2D eigenvalue weighted by Crippen LogP contribution is 2.34. The zero-order valence-corrected chi connectivity index (χ0v) is 17.0. The summed E-state index contributed by atoms with van der Waals surface area (Å²) in [5.74, 6) is 0. The van der Waals surface area contributed by atoms with E-state index in [9.17, 15) is 0 Å². The van der Waals surface area contributed by atoms with Gasteiger partial charge in [-0.05, 0) is 67.4 Å². The van der Waals surface area contributed by atoms with Crippen molar-refractivity contribution in [3.8, 4) is 0 Å². The maximum absolute atomic E-state index is 6.27. The average molecular weight is 406 g/mol. The van der Waals surface area contributed by atoms with Crippen LogP contribution in [0.2, 0.25) is 15.1 Å². The predicted molar refractivity (Wildman–Crippen MR) is 113 cm³/mol. The van der Waals surface area contributed by atoms with Crippen LogP contribution in [0.15, 0.2) is 36.4 Å². The molecule has 2 nitrogen and oxygen atoms in total. The zero-order chi connectivity index (χ0) is 18.4. The molecule has 0 bridgehead atoms. The van der Waals surface area contributed by atoms with Crippen LogP contribution in [0.25, 0.3) is 22.7 Å². The van der Waals surface area contributed by atoms with Gasteiger partial charge in [-0.25, -0.2) is 0 Å². The molecule has 0 saturated carbocycles. The lowest BCUT2D eigenvalue weighted by Gasteiger charge is -2.24. The third kappa shape index (κ3) is 3.16. The summed E-state index contributed by atoms with van der Waals surface area (Å²) in [6.45, 7) is 4.08. The molecule has 0 spiro atoms. The fourth-order valence-corrected chi connectivity index (χ4v) is 4.12. The summed E-state index contributed by atoms with van der Waals surface area (Å²) in [5.41, 5.74) is 6.11. The Hall–Kier alpha value is -1.45. The number of aromatic nitrogens is 1. The molecular weight excluding hydrogens is 387 g/mol. The lowest BCUT2D eigenvalue weighted by Crippen LogP contribution is -2.27. The molecular formula is C21H19Cl3N2. The van der Waals surface area contributed by atoms with Crippen LogP contribution >= 0.6 is 34.8 Å². The Bertz CT molecular complexity index is 1030. The number of fused-ring (bicyclic) bond motifs is 3. The first-order valence-electron chi connectivity index (χ1n) is 8.57. The topological polar surface area (TPSA) is 8.17 Å². The van der Waals surface area contributed by atoms with E-state index >= 15 is 0 Å². The third-order valence-electron chi connectivity index (χ3n) is 5.04. The molecule has 0 amide bonds. The number of hydrogen-bond donors (Lipinski definition) is 0. The van der Waals surface area contributed by atoms with Crippen LogP contribution in [0.4, 0.5) is 0 Å². The van der Waals surface area contributed by atoms with E-state index < -0.39 is 0 Å². The first kappa shape index (κ1) is 17.9. The SMILES string of the molecule is C/C(=C\n1c2c(c3cc(Cl)ccc31)CCN(C)C2)c1ccc(Cl)c(Cl)c1. The predicted octanol–water partition coefficient (Wildman–Crippen LogP) is 6.61. The number of halogens is 3. The molecule has 2 heterocycles. The average Bonchev–Trinajstić information content (AvgIpc) is 2.89. The van der Waals surface area contributed by atoms with Gasteiger partial charge in [0.15, 0.2) is 0 Å². The van der Waals surface area contributed by atoms with Crippen LogP contribution < -0.4 is 0 Å². The number of likely N-dealkylation sites (N-methyl/N-ethyl adjacent to an activating group) is 1. The van der Waals surface area contributed by atoms with Crippen molar-refractivity contribution in [2.75, 3.05) is 13.6 Å². The lowest BCUT2D eigenvalue weighted by molar-refractivity contribution is 0.308. The minimum Gasteiger partial charge on any atom is -0.318 e. The molecule has 0 unspecified atom stereocenters. The molecule has 1 aliphatic rings. The number of nitrogens with zero attached hydrogens (tertiary/aromatic N) is 2. The van der Waals surface area contributed by atoms with Gasteiger partial charge >= 0.3 is 0 Å². The second-order valence-electron chi connectivity index (χ2n) is 6.89. The van der Waals surface area contributed by atoms with E-state index in [-0.39, 0.29) is 0 Å². The molecule has 3 aromatic rings. The van der Waals surface area contributed by atoms with Gasteiger partial charge in [-0.3, -0.25) is 0 Å². The third-order valence-corrected chi connectivity index (χ3v) is 6.02. The molecule has 0 radical (unpaired) electrons. The smallest absolute Gasteiger partial charge is 0.0598 e. The highest BCUT2D eigenvalue weighted by molar-refractivity contribution is 6.42. The largest absolute Gasteiger partial charge is 0.318 e. The van der Waals surface area contributed by atoms with Crippen LogP contribution in [0, 0.1) is 0 Å². The number of allylic oxidation sites excluding steroid dienone is 1. The maximum atomic E-state index is 6.27. The van der Waals surface area contributed by atoms with E-state index in [1.165, 1.54) is 22.2 Å². The van der Waals surface area contributed by atoms with Crippen LogP contribution in [0.5, 0.6) is 0 Å². The van der Waals surface area contributed by atoms with E-state index in [0.29, 0.717) is 10.0 Å². The van der Waals surface area contributed by atoms with Crippen molar-refractivity contribution in [2.24, 2.45) is 0 Å². The summed E-state index contributed by atoms with van der Waals surface area (Å²) in [4.78, 5) is 2.35. The van der Waals surface area contributed by atoms with Crippen molar-refractivity contribution in [3.63, 3.8) is 0 Å². The van der Waals surface area contributed by atoms with E-state index in [1.807, 2.05) is 24.3 Å². The summed E-state index contributed by atoms with van der Waals surface area (Å²) in [5, 5.41) is 3.17. The summed E-state index contributed by atoms with van der Waals surface area (Å²) in [6, 6.07) is 11.9. The van der Waals surface area contributed by atoms with Gasteiger partial charge in [-0.2, -0.15) is 0 Å². The molecule has 0 atom stereocenters. The first-order valence-corrected chi connectivity index (χ1v) is 9.71. The normalized spacial score (nSPS) is 15.5. The van der Waals surface area contributed by atoms with Crippen LogP contribution in [-0.2, 0) is 13.0 Å². The minimum atomic E-state index is 0.572. The fraction of sp³-hybridized carbons (Fsp3) is 0.238. The van der Waals surface area contributed by atoms with Gasteiger partial charge < -0.3 is 9.47 Å². The minimum absolute atomic E-state index is 0.572. The zero-order valence-electron chi connectivity index (χ0n) is 14.7. The van der Waals surface area contributed by atoms with E-state index in [4.69, 9.17) is 34.8 Å². The second-order valence-corrected chi connectivity index (χ2v) is 8.14. The Kier molecular flexibility index (Phi) is 4.79. The van der Waals surface area contributed by atoms with Gasteiger partial charge in [0.2, 0.25) is 0 Å². The quantitative estimate of drug-likeness (QED) is 0.466. The summed E-state index contributed by atoms with van der Waals surface area (Å²) in [7, 11) is 2.16. The molecule has 0 aliphatic carbocycles. The van der Waals surface area contributed by atoms with E-state index in [1.54, 1.807) is 0 Å². The highest BCUT2D eigenvalue weighted by atomic mass is 35.5. The standard InChI is InChI=1S/C21H19Cl3N2/c1-13(14-3-5-18(23)19(24)9-14)11-26-20-6-4-15(22)10-17(20)16-7-8-25(2)12-21(16)26/h3-6,9-11H,7-8,12H2,1-2H3/b13-11+. The number of benzene rings is 2. The molecule has 26 heavy (non-hydrogen) atoms. The van der Waals surface area contributed by atoms with Gasteiger partial charge in [0.1, 0.15) is 0 Å². The molecule has 1 aliphatic heterocycles. The highest BCUT2D eigenvalue weighted by Gasteiger charge is 2.22. The van der Waals surface area contributed by atoms with Crippen molar-refractivity contribution in [3.05, 3.63) is 68.3 Å². The van der Waals surface area contributed by atoms with Gasteiger partial charge in [-0.1, -0.05) is 40.9 Å². The van der Waals surface area contributed by atoms with Gasteiger partial charge in [-0.15, -0.1) is 0 Å². The monoisotopic (exact) mass is 404 g/mol. The molecule has 5 heteroatoms. The van der Waals surface area contributed by atoms with Crippen LogP contribution in [0.3, 0.4) is 0 Å². The summed E-state index contributed by atoms with van der Waals surface area (Å²) in [6.07, 6.45) is 3.23. The Morgan fingerprint density at radius 2 is 1.85 bits per heavy atom. The molecule has 4 rings (SSSR count). The number of hydrogen-bond acceptors (Lipinski definition) is 1. The van der Waals surface area contributed by atoms with Gasteiger partial charge in [0.25, 0.3) is 0 Å². The van der Waals surface area contributed by atoms with Gasteiger partial charge in [0, 0.05) is 35.4 Å². The van der Waals surface area contributed by atoms with Crippen molar-refractivity contribution in [2.45, 2.75) is 19.9 Å². The second kappa shape index (κ2) is 6.94. The Morgan fingerprint density at radius 1 is 1.04 bits per heavy atom. The van der Waals surface area contributed by atoms with E-state index in [0.717, 1.165) is 35.7 Å². The van der Waals surface area contributed by atoms with Crippen LogP contribution in [-0.4, -0.2) is 23.1 Å². The summed E-state index contributed by atoms with van der Waals surface area (Å²) < 4.78 is 2.30. The molecule has 0 saturated heterocycles. The fourth-order valence-electron chi connectivity index (χ4n) is 3.65. The van der Waals surface area contributed by atoms with Crippen molar-refractivity contribution >= 4 is 57.5 Å². The number of rotatable bonds is 2.